The Morgan fingerprint density at radius 3 is 2.85 bits per heavy atom. The molecule has 0 aromatic carbocycles. The average molecular weight is 347 g/mol. The maximum absolute atomic E-state index is 12.2. The smallest absolute Gasteiger partial charge is 0.251 e. The second-order valence-electron chi connectivity index (χ2n) is 6.65. The number of aromatic nitrogens is 4. The van der Waals surface area contributed by atoms with Crippen LogP contribution < -0.4 is 5.56 Å². The number of hydrogen-bond donors (Lipinski definition) is 1. The molecule has 0 aliphatic carbocycles. The zero-order valence-corrected chi connectivity index (χ0v) is 14.5. The Balaban J connectivity index is 1.55. The normalized spacial score (nSPS) is 17.9. The van der Waals surface area contributed by atoms with Crippen molar-refractivity contribution in [2.45, 2.75) is 25.3 Å². The SMILES string of the molecule is O=c1cc([C@@H]2CCCN(Cc3ccccn3)C2)nc(-c2ccncc2)[nH]1. The Kier molecular flexibility index (Phi) is 4.84. The number of nitrogens with one attached hydrogen (secondary N) is 1. The molecule has 1 atom stereocenters. The number of nitrogens with zero attached hydrogens (tertiary/aromatic N) is 4. The third kappa shape index (κ3) is 3.86. The molecule has 1 aliphatic heterocycles. The molecule has 1 fully saturated rings. The minimum absolute atomic E-state index is 0.108. The topological polar surface area (TPSA) is 74.8 Å². The monoisotopic (exact) mass is 347 g/mol. The van der Waals surface area contributed by atoms with Crippen LogP contribution in [0.4, 0.5) is 0 Å². The van der Waals surface area contributed by atoms with Gasteiger partial charge in [0.2, 0.25) is 0 Å². The summed E-state index contributed by atoms with van der Waals surface area (Å²) in [6, 6.07) is 11.4. The van der Waals surface area contributed by atoms with Gasteiger partial charge < -0.3 is 4.98 Å². The third-order valence-electron chi connectivity index (χ3n) is 4.75. The summed E-state index contributed by atoms with van der Waals surface area (Å²) in [4.78, 5) is 30.6. The van der Waals surface area contributed by atoms with Crippen LogP contribution in [-0.4, -0.2) is 37.9 Å². The molecular formula is C20H21N5O. The van der Waals surface area contributed by atoms with E-state index in [0.29, 0.717) is 5.82 Å². The van der Waals surface area contributed by atoms with Gasteiger partial charge in [0.1, 0.15) is 5.82 Å². The highest BCUT2D eigenvalue weighted by molar-refractivity contribution is 5.53. The van der Waals surface area contributed by atoms with Crippen molar-refractivity contribution >= 4 is 0 Å². The van der Waals surface area contributed by atoms with Crippen molar-refractivity contribution in [1.82, 2.24) is 24.8 Å². The fourth-order valence-corrected chi connectivity index (χ4v) is 3.49. The molecule has 0 bridgehead atoms. The summed E-state index contributed by atoms with van der Waals surface area (Å²) in [6.45, 7) is 2.77. The van der Waals surface area contributed by atoms with E-state index in [9.17, 15) is 4.79 Å². The molecular weight excluding hydrogens is 326 g/mol. The molecule has 0 amide bonds. The number of pyridine rings is 2. The van der Waals surface area contributed by atoms with E-state index in [2.05, 4.69) is 25.9 Å². The molecule has 4 rings (SSSR count). The number of aromatic amines is 1. The van der Waals surface area contributed by atoms with Crippen molar-refractivity contribution in [2.24, 2.45) is 0 Å². The molecule has 3 aromatic heterocycles. The summed E-state index contributed by atoms with van der Waals surface area (Å²) in [5, 5.41) is 0. The number of H-pyrrole nitrogens is 1. The first-order valence-corrected chi connectivity index (χ1v) is 8.92. The molecule has 1 aliphatic rings. The van der Waals surface area contributed by atoms with Crippen LogP contribution in [0.2, 0.25) is 0 Å². The summed E-state index contributed by atoms with van der Waals surface area (Å²) in [7, 11) is 0. The second kappa shape index (κ2) is 7.58. The van der Waals surface area contributed by atoms with E-state index in [-0.39, 0.29) is 11.5 Å². The number of piperidine rings is 1. The highest BCUT2D eigenvalue weighted by Gasteiger charge is 2.23. The van der Waals surface area contributed by atoms with Crippen LogP contribution in [-0.2, 0) is 6.54 Å². The highest BCUT2D eigenvalue weighted by atomic mass is 16.1. The lowest BCUT2D eigenvalue weighted by molar-refractivity contribution is 0.196. The zero-order valence-electron chi connectivity index (χ0n) is 14.5. The predicted molar refractivity (Wildman–Crippen MR) is 99.6 cm³/mol. The van der Waals surface area contributed by atoms with Gasteiger partial charge in [-0.1, -0.05) is 6.07 Å². The molecule has 6 heteroatoms. The van der Waals surface area contributed by atoms with Gasteiger partial charge in [-0.25, -0.2) is 4.98 Å². The lowest BCUT2D eigenvalue weighted by Gasteiger charge is -2.32. The third-order valence-corrected chi connectivity index (χ3v) is 4.75. The van der Waals surface area contributed by atoms with Crippen LogP contribution in [0.1, 0.15) is 30.1 Å². The van der Waals surface area contributed by atoms with Crippen LogP contribution in [0.3, 0.4) is 0 Å². The lowest BCUT2D eigenvalue weighted by Crippen LogP contribution is -2.34. The van der Waals surface area contributed by atoms with E-state index in [1.807, 2.05) is 30.5 Å². The summed E-state index contributed by atoms with van der Waals surface area (Å²) in [6.07, 6.45) is 7.38. The molecule has 1 saturated heterocycles. The standard InChI is InChI=1S/C20H21N5O/c26-19-12-18(23-20(24-19)15-6-9-21-10-7-15)16-4-3-11-25(13-16)14-17-5-1-2-8-22-17/h1-2,5-10,12,16H,3-4,11,13-14H2,(H,23,24,26)/t16-/m1/s1. The first kappa shape index (κ1) is 16.6. The molecule has 1 N–H and O–H groups in total. The van der Waals surface area contributed by atoms with Crippen LogP contribution in [0.15, 0.2) is 59.8 Å². The summed E-state index contributed by atoms with van der Waals surface area (Å²) in [5.41, 5.74) is 2.71. The maximum Gasteiger partial charge on any atom is 0.251 e. The van der Waals surface area contributed by atoms with Gasteiger partial charge in [0, 0.05) is 49.2 Å². The number of hydrogen-bond acceptors (Lipinski definition) is 5. The molecule has 0 spiro atoms. The number of rotatable bonds is 4. The van der Waals surface area contributed by atoms with E-state index in [1.54, 1.807) is 18.5 Å². The first-order chi connectivity index (χ1) is 12.8. The molecule has 4 heterocycles. The molecule has 132 valence electrons. The van der Waals surface area contributed by atoms with Crippen molar-refractivity contribution in [3.05, 3.63) is 76.7 Å². The Labute approximate surface area is 152 Å². The average Bonchev–Trinajstić information content (AvgIpc) is 2.69. The van der Waals surface area contributed by atoms with E-state index >= 15 is 0 Å². The van der Waals surface area contributed by atoms with Crippen LogP contribution in [0, 0.1) is 0 Å². The molecule has 6 nitrogen and oxygen atoms in total. The Hall–Kier alpha value is -2.86. The first-order valence-electron chi connectivity index (χ1n) is 8.92. The van der Waals surface area contributed by atoms with Crippen molar-refractivity contribution in [2.75, 3.05) is 13.1 Å². The fourth-order valence-electron chi connectivity index (χ4n) is 3.49. The van der Waals surface area contributed by atoms with E-state index in [4.69, 9.17) is 4.98 Å². The fraction of sp³-hybridized carbons (Fsp3) is 0.300. The quantitative estimate of drug-likeness (QED) is 0.785. The Morgan fingerprint density at radius 1 is 1.15 bits per heavy atom. The van der Waals surface area contributed by atoms with Crippen molar-refractivity contribution in [3.63, 3.8) is 0 Å². The summed E-state index contributed by atoms with van der Waals surface area (Å²) >= 11 is 0. The van der Waals surface area contributed by atoms with Gasteiger partial charge in [0.15, 0.2) is 0 Å². The molecule has 0 unspecified atom stereocenters. The van der Waals surface area contributed by atoms with Crippen molar-refractivity contribution in [3.8, 4) is 11.4 Å². The largest absolute Gasteiger partial charge is 0.307 e. The minimum Gasteiger partial charge on any atom is -0.307 e. The van der Waals surface area contributed by atoms with Crippen molar-refractivity contribution < 1.29 is 0 Å². The Bertz CT molecular complexity index is 910. The number of likely N-dealkylation sites (tertiary alicyclic amines) is 1. The van der Waals surface area contributed by atoms with Gasteiger partial charge in [-0.2, -0.15) is 0 Å². The van der Waals surface area contributed by atoms with E-state index < -0.39 is 0 Å². The van der Waals surface area contributed by atoms with Gasteiger partial charge in [-0.15, -0.1) is 0 Å². The summed E-state index contributed by atoms with van der Waals surface area (Å²) < 4.78 is 0. The summed E-state index contributed by atoms with van der Waals surface area (Å²) in [5.74, 6) is 0.868. The Morgan fingerprint density at radius 2 is 2.04 bits per heavy atom. The zero-order chi connectivity index (χ0) is 17.8. The molecule has 3 aromatic rings. The van der Waals surface area contributed by atoms with E-state index in [0.717, 1.165) is 49.4 Å². The van der Waals surface area contributed by atoms with Gasteiger partial charge in [0.25, 0.3) is 5.56 Å². The van der Waals surface area contributed by atoms with Gasteiger partial charge in [-0.05, 0) is 43.7 Å². The highest BCUT2D eigenvalue weighted by Crippen LogP contribution is 2.26. The van der Waals surface area contributed by atoms with E-state index in [1.165, 1.54) is 0 Å². The van der Waals surface area contributed by atoms with Gasteiger partial charge in [0.05, 0.1) is 11.4 Å². The molecule has 0 radical (unpaired) electrons. The van der Waals surface area contributed by atoms with Crippen molar-refractivity contribution in [1.29, 1.82) is 0 Å². The van der Waals surface area contributed by atoms with Crippen LogP contribution in [0.25, 0.3) is 11.4 Å². The van der Waals surface area contributed by atoms with Crippen LogP contribution >= 0.6 is 0 Å². The minimum atomic E-state index is -0.108. The van der Waals surface area contributed by atoms with Gasteiger partial charge in [-0.3, -0.25) is 19.7 Å². The molecule has 26 heavy (non-hydrogen) atoms. The van der Waals surface area contributed by atoms with Gasteiger partial charge >= 0.3 is 0 Å². The lowest BCUT2D eigenvalue weighted by atomic mass is 9.94. The van der Waals surface area contributed by atoms with Crippen LogP contribution in [0.5, 0.6) is 0 Å². The second-order valence-corrected chi connectivity index (χ2v) is 6.65. The predicted octanol–water partition coefficient (Wildman–Crippen LogP) is 2.61. The maximum atomic E-state index is 12.2. The molecule has 0 saturated carbocycles.